The molecule has 0 radical (unpaired) electrons. The lowest BCUT2D eigenvalue weighted by atomic mass is 10.1. The second kappa shape index (κ2) is 6.64. The third kappa shape index (κ3) is 3.37. The lowest BCUT2D eigenvalue weighted by Gasteiger charge is -2.30. The molecule has 2 heterocycles. The molecule has 1 aromatic rings. The van der Waals surface area contributed by atoms with E-state index < -0.39 is 0 Å². The van der Waals surface area contributed by atoms with Gasteiger partial charge < -0.3 is 10.6 Å². The van der Waals surface area contributed by atoms with E-state index in [1.165, 1.54) is 11.3 Å². The molecular formula is C11H17ClN2OS2. The molecule has 3 nitrogen and oxygen atoms in total. The Morgan fingerprint density at radius 3 is 3.06 bits per heavy atom. The summed E-state index contributed by atoms with van der Waals surface area (Å²) in [4.78, 5) is 16.1. The smallest absolute Gasteiger partial charge is 0.265 e. The molecule has 1 aromatic heterocycles. The Balaban J connectivity index is 0.00000144. The van der Waals surface area contributed by atoms with E-state index in [0.29, 0.717) is 6.54 Å². The van der Waals surface area contributed by atoms with E-state index in [-0.39, 0.29) is 24.4 Å². The predicted molar refractivity (Wildman–Crippen MR) is 76.5 cm³/mol. The van der Waals surface area contributed by atoms with Crippen LogP contribution >= 0.6 is 35.5 Å². The number of hydrogen-bond donors (Lipinski definition) is 1. The molecule has 1 unspecified atom stereocenters. The summed E-state index contributed by atoms with van der Waals surface area (Å²) in [6.07, 6.45) is 4.05. The highest BCUT2D eigenvalue weighted by molar-refractivity contribution is 7.98. The highest BCUT2D eigenvalue weighted by atomic mass is 35.5. The van der Waals surface area contributed by atoms with Crippen LogP contribution in [0.2, 0.25) is 0 Å². The monoisotopic (exact) mass is 292 g/mol. The molecule has 2 rings (SSSR count). The summed E-state index contributed by atoms with van der Waals surface area (Å²) in [5.74, 6) is 0.148. The van der Waals surface area contributed by atoms with Gasteiger partial charge in [0.25, 0.3) is 5.91 Å². The minimum atomic E-state index is 0. The third-order valence-corrected chi connectivity index (χ3v) is 4.60. The lowest BCUT2D eigenvalue weighted by Crippen LogP contribution is -2.45. The highest BCUT2D eigenvalue weighted by Gasteiger charge is 2.24. The van der Waals surface area contributed by atoms with Crippen molar-refractivity contribution in [1.29, 1.82) is 0 Å². The van der Waals surface area contributed by atoms with Crippen LogP contribution in [-0.2, 0) is 0 Å². The number of nitrogens with two attached hydrogens (primary N) is 1. The van der Waals surface area contributed by atoms with Crippen LogP contribution in [-0.4, -0.2) is 36.2 Å². The Morgan fingerprint density at radius 1 is 1.65 bits per heavy atom. The summed E-state index contributed by atoms with van der Waals surface area (Å²) < 4.78 is 0. The second-order valence-electron chi connectivity index (χ2n) is 3.97. The van der Waals surface area contributed by atoms with Crippen molar-refractivity contribution in [2.45, 2.75) is 23.8 Å². The van der Waals surface area contributed by atoms with Crippen molar-refractivity contribution < 1.29 is 4.79 Å². The van der Waals surface area contributed by atoms with Gasteiger partial charge in [0.15, 0.2) is 0 Å². The summed E-state index contributed by atoms with van der Waals surface area (Å²) in [5.41, 5.74) is 5.89. The molecule has 0 saturated carbocycles. The van der Waals surface area contributed by atoms with Crippen LogP contribution in [0.15, 0.2) is 16.3 Å². The van der Waals surface area contributed by atoms with Crippen LogP contribution in [0.1, 0.15) is 22.5 Å². The van der Waals surface area contributed by atoms with Crippen molar-refractivity contribution in [2.75, 3.05) is 19.3 Å². The highest BCUT2D eigenvalue weighted by Crippen LogP contribution is 2.27. The van der Waals surface area contributed by atoms with Crippen molar-refractivity contribution in [3.8, 4) is 0 Å². The average Bonchev–Trinajstić information content (AvgIpc) is 2.76. The first-order chi connectivity index (χ1) is 7.72. The molecule has 1 aliphatic rings. The maximum absolute atomic E-state index is 12.3. The summed E-state index contributed by atoms with van der Waals surface area (Å²) in [7, 11) is 0. The molecule has 1 saturated heterocycles. The van der Waals surface area contributed by atoms with Gasteiger partial charge in [-0.25, -0.2) is 0 Å². The third-order valence-electron chi connectivity index (χ3n) is 2.79. The van der Waals surface area contributed by atoms with Gasteiger partial charge in [-0.3, -0.25) is 4.79 Å². The number of likely N-dealkylation sites (tertiary alicyclic amines) is 1. The first kappa shape index (κ1) is 14.8. The average molecular weight is 293 g/mol. The van der Waals surface area contributed by atoms with E-state index in [1.807, 2.05) is 22.6 Å². The Morgan fingerprint density at radius 2 is 2.41 bits per heavy atom. The van der Waals surface area contributed by atoms with Crippen LogP contribution in [0.3, 0.4) is 0 Å². The van der Waals surface area contributed by atoms with Crippen LogP contribution in [0.25, 0.3) is 0 Å². The number of halogens is 1. The maximum Gasteiger partial charge on any atom is 0.265 e. The molecule has 2 N–H and O–H groups in total. The minimum Gasteiger partial charge on any atom is -0.336 e. The summed E-state index contributed by atoms with van der Waals surface area (Å²) in [5, 5.41) is 1.98. The van der Waals surface area contributed by atoms with E-state index in [0.717, 1.165) is 29.2 Å². The molecular weight excluding hydrogens is 276 g/mol. The number of nitrogens with zero attached hydrogens (tertiary/aromatic N) is 1. The lowest BCUT2D eigenvalue weighted by molar-refractivity contribution is 0.0710. The van der Waals surface area contributed by atoms with E-state index in [9.17, 15) is 4.79 Å². The van der Waals surface area contributed by atoms with Gasteiger partial charge in [0, 0.05) is 24.0 Å². The Hall–Kier alpha value is -0.230. The number of piperidine rings is 1. The van der Waals surface area contributed by atoms with Crippen molar-refractivity contribution in [1.82, 2.24) is 4.90 Å². The molecule has 17 heavy (non-hydrogen) atoms. The number of carbonyl (C=O) groups is 1. The molecule has 0 bridgehead atoms. The standard InChI is InChI=1S/C11H16N2OS2.ClH/c1-15-9-4-6-16-10(9)11(14)13-5-2-3-8(12)7-13;/h4,6,8H,2-3,5,7,12H2,1H3;1H. The van der Waals surface area contributed by atoms with E-state index in [2.05, 4.69) is 0 Å². The zero-order valence-electron chi connectivity index (χ0n) is 9.72. The molecule has 0 aliphatic carbocycles. The topological polar surface area (TPSA) is 46.3 Å². The summed E-state index contributed by atoms with van der Waals surface area (Å²) in [6, 6.07) is 2.15. The van der Waals surface area contributed by atoms with Gasteiger partial charge in [0.1, 0.15) is 4.88 Å². The fourth-order valence-electron chi connectivity index (χ4n) is 1.95. The van der Waals surface area contributed by atoms with Crippen LogP contribution in [0, 0.1) is 0 Å². The van der Waals surface area contributed by atoms with Gasteiger partial charge in [-0.15, -0.1) is 35.5 Å². The fourth-order valence-corrected chi connectivity index (χ4v) is 3.66. The Labute approximate surface area is 116 Å². The number of carbonyl (C=O) groups excluding carboxylic acids is 1. The van der Waals surface area contributed by atoms with Crippen LogP contribution < -0.4 is 5.73 Å². The van der Waals surface area contributed by atoms with E-state index in [4.69, 9.17) is 5.73 Å². The fraction of sp³-hybridized carbons (Fsp3) is 0.545. The molecule has 0 spiro atoms. The second-order valence-corrected chi connectivity index (χ2v) is 5.74. The molecule has 6 heteroatoms. The number of thiophene rings is 1. The molecule has 1 atom stereocenters. The number of thioether (sulfide) groups is 1. The number of amides is 1. The molecule has 1 aliphatic heterocycles. The first-order valence-electron chi connectivity index (χ1n) is 5.38. The zero-order valence-corrected chi connectivity index (χ0v) is 12.2. The normalized spacial score (nSPS) is 19.9. The SMILES string of the molecule is CSc1ccsc1C(=O)N1CCCC(N)C1.Cl. The van der Waals surface area contributed by atoms with Gasteiger partial charge in [0.2, 0.25) is 0 Å². The Kier molecular flexibility index (Phi) is 5.79. The van der Waals surface area contributed by atoms with Gasteiger partial charge in [-0.2, -0.15) is 0 Å². The van der Waals surface area contributed by atoms with Gasteiger partial charge in [-0.05, 0) is 30.5 Å². The number of hydrogen-bond acceptors (Lipinski definition) is 4. The molecule has 0 aromatic carbocycles. The van der Waals surface area contributed by atoms with Crippen molar-refractivity contribution in [2.24, 2.45) is 5.73 Å². The maximum atomic E-state index is 12.3. The minimum absolute atomic E-state index is 0. The molecule has 96 valence electrons. The van der Waals surface area contributed by atoms with Crippen molar-refractivity contribution >= 4 is 41.4 Å². The quantitative estimate of drug-likeness (QED) is 0.852. The van der Waals surface area contributed by atoms with Gasteiger partial charge in [0.05, 0.1) is 0 Å². The van der Waals surface area contributed by atoms with Crippen LogP contribution in [0.4, 0.5) is 0 Å². The van der Waals surface area contributed by atoms with Gasteiger partial charge >= 0.3 is 0 Å². The summed E-state index contributed by atoms with van der Waals surface area (Å²) >= 11 is 3.15. The molecule has 1 fully saturated rings. The largest absolute Gasteiger partial charge is 0.336 e. The zero-order chi connectivity index (χ0) is 11.5. The number of rotatable bonds is 2. The summed E-state index contributed by atoms with van der Waals surface area (Å²) in [6.45, 7) is 1.54. The van der Waals surface area contributed by atoms with Crippen LogP contribution in [0.5, 0.6) is 0 Å². The van der Waals surface area contributed by atoms with E-state index >= 15 is 0 Å². The van der Waals surface area contributed by atoms with E-state index in [1.54, 1.807) is 11.8 Å². The Bertz CT molecular complexity index is 383. The molecule has 1 amide bonds. The van der Waals surface area contributed by atoms with Gasteiger partial charge in [-0.1, -0.05) is 0 Å². The van der Waals surface area contributed by atoms with Crippen molar-refractivity contribution in [3.05, 3.63) is 16.3 Å². The van der Waals surface area contributed by atoms with Crippen molar-refractivity contribution in [3.63, 3.8) is 0 Å². The first-order valence-corrected chi connectivity index (χ1v) is 7.49. The predicted octanol–water partition coefficient (Wildman–Crippen LogP) is 2.46.